The van der Waals surface area contributed by atoms with E-state index in [1.807, 2.05) is 0 Å². The minimum absolute atomic E-state index is 0.369. The number of primary amides is 1. The van der Waals surface area contributed by atoms with Crippen LogP contribution in [0.1, 0.15) is 0 Å². The van der Waals surface area contributed by atoms with Crippen LogP contribution in [0.5, 0.6) is 5.75 Å². The van der Waals surface area contributed by atoms with Crippen molar-refractivity contribution in [2.24, 2.45) is 5.73 Å². The molecule has 7 N–H and O–H groups in total. The van der Waals surface area contributed by atoms with E-state index in [1.165, 1.54) is 0 Å². The smallest absolute Gasteiger partial charge is 0.316 e. The largest absolute Gasteiger partial charge is 0.490 e. The third kappa shape index (κ3) is 4.04. The summed E-state index contributed by atoms with van der Waals surface area (Å²) in [5, 5.41) is 2.59. The van der Waals surface area contributed by atoms with Crippen LogP contribution in [0.25, 0.3) is 11.1 Å². The molecule has 0 atom stereocenters. The van der Waals surface area contributed by atoms with Crippen molar-refractivity contribution in [3.05, 3.63) is 36.4 Å². The van der Waals surface area contributed by atoms with Crippen molar-refractivity contribution in [1.29, 1.82) is 0 Å². The maximum absolute atomic E-state index is 11.3. The third-order valence-electron chi connectivity index (χ3n) is 3.20. The molecule has 0 unspecified atom stereocenters. The van der Waals surface area contributed by atoms with E-state index in [2.05, 4.69) is 5.32 Å². The monoisotopic (exact) mass is 316 g/mol. The van der Waals surface area contributed by atoms with Crippen molar-refractivity contribution in [3.8, 4) is 16.9 Å². The van der Waals surface area contributed by atoms with Gasteiger partial charge in [-0.1, -0.05) is 12.1 Å². The summed E-state index contributed by atoms with van der Waals surface area (Å²) in [7, 11) is 1.59. The molecule has 122 valence electrons. The van der Waals surface area contributed by atoms with Gasteiger partial charge in [-0.25, -0.2) is 4.79 Å². The van der Waals surface area contributed by atoms with Crippen molar-refractivity contribution in [3.63, 3.8) is 0 Å². The molecule has 2 amide bonds. The predicted molar refractivity (Wildman–Crippen MR) is 91.3 cm³/mol. The van der Waals surface area contributed by atoms with Crippen molar-refractivity contribution >= 4 is 23.1 Å². The van der Waals surface area contributed by atoms with Crippen molar-refractivity contribution in [2.45, 2.75) is 0 Å². The molecular weight excluding hydrogens is 296 g/mol. The van der Waals surface area contributed by atoms with Crippen LogP contribution < -0.4 is 27.3 Å². The number of benzene rings is 2. The van der Waals surface area contributed by atoms with Crippen molar-refractivity contribution < 1.29 is 14.3 Å². The lowest BCUT2D eigenvalue weighted by atomic mass is 10.0. The summed E-state index contributed by atoms with van der Waals surface area (Å²) in [6.07, 6.45) is 0. The lowest BCUT2D eigenvalue weighted by Crippen LogP contribution is -2.20. The molecule has 0 spiro atoms. The molecule has 7 nitrogen and oxygen atoms in total. The van der Waals surface area contributed by atoms with E-state index in [1.54, 1.807) is 43.5 Å². The highest BCUT2D eigenvalue weighted by Gasteiger charge is 2.14. The Morgan fingerprint density at radius 3 is 2.57 bits per heavy atom. The minimum Gasteiger partial charge on any atom is -0.490 e. The van der Waals surface area contributed by atoms with Crippen molar-refractivity contribution in [1.82, 2.24) is 0 Å². The predicted octanol–water partition coefficient (Wildman–Crippen LogP) is 2.03. The van der Waals surface area contributed by atoms with Gasteiger partial charge in [0.25, 0.3) is 0 Å². The van der Waals surface area contributed by atoms with E-state index in [9.17, 15) is 4.79 Å². The topological polar surface area (TPSA) is 126 Å². The van der Waals surface area contributed by atoms with E-state index in [0.717, 1.165) is 5.56 Å². The minimum atomic E-state index is -0.663. The lowest BCUT2D eigenvalue weighted by molar-refractivity contribution is 0.146. The van der Waals surface area contributed by atoms with Gasteiger partial charge >= 0.3 is 6.03 Å². The van der Waals surface area contributed by atoms with Crippen LogP contribution in [0.2, 0.25) is 0 Å². The number of hydrogen-bond acceptors (Lipinski definition) is 5. The Morgan fingerprint density at radius 1 is 1.13 bits per heavy atom. The Hall–Kier alpha value is -2.93. The van der Waals surface area contributed by atoms with Crippen LogP contribution in [0.3, 0.4) is 0 Å². The Morgan fingerprint density at radius 2 is 1.91 bits per heavy atom. The summed E-state index contributed by atoms with van der Waals surface area (Å²) >= 11 is 0. The summed E-state index contributed by atoms with van der Waals surface area (Å²) in [6.45, 7) is 0.810. The zero-order valence-electron chi connectivity index (χ0n) is 12.8. The maximum Gasteiger partial charge on any atom is 0.316 e. The van der Waals surface area contributed by atoms with Crippen LogP contribution in [-0.2, 0) is 4.74 Å². The zero-order valence-corrected chi connectivity index (χ0v) is 12.8. The van der Waals surface area contributed by atoms with Gasteiger partial charge in [0.15, 0.2) is 0 Å². The number of nitrogen functional groups attached to an aromatic ring is 2. The first-order valence-corrected chi connectivity index (χ1v) is 6.99. The molecule has 0 aliphatic carbocycles. The number of rotatable bonds is 6. The molecule has 2 rings (SSSR count). The van der Waals surface area contributed by atoms with Crippen LogP contribution in [0, 0.1) is 0 Å². The van der Waals surface area contributed by atoms with Gasteiger partial charge in [0, 0.05) is 12.7 Å². The Bertz CT molecular complexity index is 704. The molecule has 7 heteroatoms. The number of ether oxygens (including phenoxy) is 2. The zero-order chi connectivity index (χ0) is 16.8. The van der Waals surface area contributed by atoms with Gasteiger partial charge in [-0.2, -0.15) is 0 Å². The summed E-state index contributed by atoms with van der Waals surface area (Å²) in [5.74, 6) is 0.581. The number of carbonyl (C=O) groups excluding carboxylic acids is 1. The highest BCUT2D eigenvalue weighted by atomic mass is 16.5. The fraction of sp³-hybridized carbons (Fsp3) is 0.188. The number of carbonyl (C=O) groups is 1. The van der Waals surface area contributed by atoms with Gasteiger partial charge in [0.05, 0.1) is 23.7 Å². The second-order valence-corrected chi connectivity index (χ2v) is 4.85. The van der Waals surface area contributed by atoms with Gasteiger partial charge in [-0.05, 0) is 29.8 Å². The Kier molecular flexibility index (Phi) is 5.27. The third-order valence-corrected chi connectivity index (χ3v) is 3.20. The van der Waals surface area contributed by atoms with E-state index >= 15 is 0 Å². The van der Waals surface area contributed by atoms with Gasteiger partial charge in [-0.3, -0.25) is 0 Å². The van der Waals surface area contributed by atoms with Gasteiger partial charge in [0.2, 0.25) is 0 Å². The quantitative estimate of drug-likeness (QED) is 0.479. The van der Waals surface area contributed by atoms with Gasteiger partial charge < -0.3 is 32.0 Å². The van der Waals surface area contributed by atoms with E-state index in [4.69, 9.17) is 26.7 Å². The molecule has 0 aliphatic rings. The fourth-order valence-corrected chi connectivity index (χ4v) is 2.15. The van der Waals surface area contributed by atoms with Gasteiger partial charge in [-0.15, -0.1) is 0 Å². The molecule has 0 aliphatic heterocycles. The first-order valence-electron chi connectivity index (χ1n) is 6.99. The summed E-state index contributed by atoms with van der Waals surface area (Å²) in [5.41, 5.74) is 19.8. The molecule has 0 fully saturated rings. The second kappa shape index (κ2) is 7.37. The molecular formula is C16H20N4O3. The number of urea groups is 1. The molecule has 0 bridgehead atoms. The number of nitrogens with two attached hydrogens (primary N) is 3. The molecule has 0 saturated carbocycles. The molecule has 2 aromatic rings. The average Bonchev–Trinajstić information content (AvgIpc) is 2.50. The lowest BCUT2D eigenvalue weighted by Gasteiger charge is -2.16. The number of methoxy groups -OCH3 is 1. The average molecular weight is 316 g/mol. The number of anilines is 3. The number of nitrogens with one attached hydrogen (secondary N) is 1. The Labute approximate surface area is 134 Å². The highest BCUT2D eigenvalue weighted by Crippen LogP contribution is 2.38. The van der Waals surface area contributed by atoms with Crippen LogP contribution in [0.4, 0.5) is 21.9 Å². The summed E-state index contributed by atoms with van der Waals surface area (Å²) in [6, 6.07) is 9.85. The fourth-order valence-electron chi connectivity index (χ4n) is 2.15. The first kappa shape index (κ1) is 16.4. The van der Waals surface area contributed by atoms with Crippen LogP contribution >= 0.6 is 0 Å². The van der Waals surface area contributed by atoms with E-state index in [-0.39, 0.29) is 0 Å². The summed E-state index contributed by atoms with van der Waals surface area (Å²) in [4.78, 5) is 11.3. The van der Waals surface area contributed by atoms with Crippen LogP contribution in [0.15, 0.2) is 36.4 Å². The molecule has 0 aromatic heterocycles. The standard InChI is InChI=1S/C16H20N4O3/c1-22-7-8-23-14-4-2-3-13(20-16(19)21)15(14)10-5-6-11(17)12(18)9-10/h2-6,9H,7-8,17-18H2,1H3,(H3,19,20,21). The molecule has 0 saturated heterocycles. The highest BCUT2D eigenvalue weighted by molar-refractivity contribution is 5.96. The van der Waals surface area contributed by atoms with E-state index in [0.29, 0.717) is 41.6 Å². The molecule has 2 aromatic carbocycles. The number of amides is 2. The van der Waals surface area contributed by atoms with Gasteiger partial charge in [0.1, 0.15) is 12.4 Å². The molecule has 0 heterocycles. The molecule has 23 heavy (non-hydrogen) atoms. The second-order valence-electron chi connectivity index (χ2n) is 4.85. The van der Waals surface area contributed by atoms with Crippen LogP contribution in [-0.4, -0.2) is 26.4 Å². The SMILES string of the molecule is COCCOc1cccc(NC(N)=O)c1-c1ccc(N)c(N)c1. The van der Waals surface area contributed by atoms with E-state index < -0.39 is 6.03 Å². The normalized spacial score (nSPS) is 10.3. The van der Waals surface area contributed by atoms with Crippen molar-refractivity contribution in [2.75, 3.05) is 37.1 Å². The molecule has 0 radical (unpaired) electrons. The first-order chi connectivity index (χ1) is 11.0. The maximum atomic E-state index is 11.3. The Balaban J connectivity index is 2.50. The summed E-state index contributed by atoms with van der Waals surface area (Å²) < 4.78 is 10.7. The number of hydrogen-bond donors (Lipinski definition) is 4.